The number of likely N-dealkylation sites (N-methyl/N-ethyl adjacent to an activating group) is 1. The lowest BCUT2D eigenvalue weighted by Gasteiger charge is -2.23. The molecule has 2 amide bonds. The minimum Gasteiger partial charge on any atom is -1.00 e. The molecular weight excluding hydrogens is 1750 g/mol. The van der Waals surface area contributed by atoms with Gasteiger partial charge in [-0.25, -0.2) is 19.0 Å². The Morgan fingerprint density at radius 3 is 1.20 bits per heavy atom. The minimum atomic E-state index is -0.858. The van der Waals surface area contributed by atoms with Gasteiger partial charge >= 0.3 is 17.9 Å². The number of nitrogens with zero attached hydrogens (tertiary/aromatic N) is 7. The van der Waals surface area contributed by atoms with Crippen molar-refractivity contribution in [3.63, 3.8) is 0 Å². The van der Waals surface area contributed by atoms with Crippen molar-refractivity contribution in [2.75, 3.05) is 161 Å². The number of fused-ring (bicyclic) bond motifs is 8. The van der Waals surface area contributed by atoms with Gasteiger partial charge in [0, 0.05) is 204 Å². The van der Waals surface area contributed by atoms with Crippen LogP contribution < -0.4 is 70.0 Å². The van der Waals surface area contributed by atoms with Gasteiger partial charge in [0.1, 0.15) is 20.8 Å². The first-order chi connectivity index (χ1) is 65.7. The number of carbonyl (C=O) groups is 5. The topological polar surface area (TPSA) is 363 Å². The van der Waals surface area contributed by atoms with Gasteiger partial charge < -0.3 is 108 Å². The molecule has 0 saturated carbocycles. The summed E-state index contributed by atoms with van der Waals surface area (Å²) < 4.78 is 11.6. The molecule has 8 aliphatic rings. The number of aryl methyl sites for hydroxylation is 3. The number of nitrogens with two attached hydrogens (primary N) is 1. The first kappa shape index (κ1) is 98.5. The monoisotopic (exact) mass is 1870 g/mol. The second-order valence-electron chi connectivity index (χ2n) is 36.3. The average molecular weight is 1870 g/mol. The third kappa shape index (κ3) is 24.3. The first-order valence-electron chi connectivity index (χ1n) is 47.0. The molecule has 6 aromatic heterocycles. The maximum Gasteiger partial charge on any atom is 0.340 e. The number of rotatable bonds is 14. The largest absolute Gasteiger partial charge is 1.00 e. The van der Waals surface area contributed by atoms with Crippen LogP contribution in [0.3, 0.4) is 0 Å². The number of aromatic amines is 6. The van der Waals surface area contributed by atoms with E-state index in [1.165, 1.54) is 60.6 Å². The van der Waals surface area contributed by atoms with Gasteiger partial charge in [-0.3, -0.25) is 24.0 Å². The van der Waals surface area contributed by atoms with Crippen LogP contribution in [-0.4, -0.2) is 207 Å². The highest BCUT2D eigenvalue weighted by Gasteiger charge is 2.30. The van der Waals surface area contributed by atoms with Crippen LogP contribution in [0.2, 0.25) is 0 Å². The van der Waals surface area contributed by atoms with Crippen molar-refractivity contribution in [1.29, 1.82) is 0 Å². The Morgan fingerprint density at radius 2 is 0.818 bits per heavy atom. The summed E-state index contributed by atoms with van der Waals surface area (Å²) in [6, 6.07) is 47.2. The molecule has 0 bridgehead atoms. The summed E-state index contributed by atoms with van der Waals surface area (Å²) in [7, 11) is 9.38. The second kappa shape index (κ2) is 45.2. The second-order valence-corrected chi connectivity index (χ2v) is 36.3. The normalized spacial score (nSPS) is 14.8. The number of nitrogen functional groups attached to an aromatic ring is 1. The molecule has 137 heavy (non-hydrogen) atoms. The van der Waals surface area contributed by atoms with Gasteiger partial charge in [0.25, 0.3) is 11.8 Å². The number of anilines is 8. The van der Waals surface area contributed by atoms with E-state index in [9.17, 15) is 48.6 Å². The molecule has 0 spiro atoms. The molecule has 6 aliphatic heterocycles. The number of carbonyl (C=O) groups excluding carboxylic acids is 3. The number of methoxy groups -OCH3 is 1. The standard InChI is InChI=1S/C27H30N4O2.C24H23N3O2.C14H16N2O2.2C13H14N2O2.C10H10N2O.C4H8O.C3H8N.ClH/c1-17-12-26(32)29-24-9-8-20(14-21(17)24)28-27(33)23-13-18-6-7-19(16-30(2)3)22(18)15-25(23)31-10-4-5-11-31;1-15-11-23(28)26-21-8-7-18(14-19(15)21)25-24(29)20-12-16-5-4-6-17(16)13-22(20)27-9-2-3-10-27;1-18-14(17)11-9-12-10(4-5-15-12)8-13(11)16-6-2-3-7-16;2*16-13(17)10-8-11-9(3-4-14-11)7-12(10)15-5-1-2-6-15;1-6-4-10(13)12-9-3-2-7(11)5-8(6)9;1-2-4-5-3-1;1-4(2)3;/h7-9,12-15H,4-6,10-11,16H2,1-3H3,(H,28,33)(H,29,32);4,6-8,11-14H,2-3,5,9-10H2,1H3,(H,25,29)(H,26,28);4-5,8-9,15H,2-3,6-7H2,1H3;2*3-4,7-8,14H,1-2,5-6H2,(H,16,17);2-5H,11H2,1H3,(H,12,13);1-4H2;1H2,2-3H3;1H/q;;;;;;;+1;/p-1. The van der Waals surface area contributed by atoms with E-state index in [0.717, 1.165) is 282 Å². The van der Waals surface area contributed by atoms with Crippen molar-refractivity contribution >= 4 is 159 Å². The summed E-state index contributed by atoms with van der Waals surface area (Å²) in [6.45, 7) is 21.9. The number of hydrogen-bond donors (Lipinski definition) is 11. The maximum atomic E-state index is 13.5. The number of amides is 2. The van der Waals surface area contributed by atoms with Crippen LogP contribution in [0.5, 0.6) is 0 Å². The number of aromatic nitrogens is 6. The van der Waals surface area contributed by atoms with E-state index >= 15 is 0 Å². The number of esters is 1. The molecule has 12 heterocycles. The fourth-order valence-electron chi connectivity index (χ4n) is 18.9. The number of carboxylic acids is 2. The molecule has 714 valence electrons. The Kier molecular flexibility index (Phi) is 32.5. The van der Waals surface area contributed by atoms with Crippen LogP contribution in [0.15, 0.2) is 197 Å². The smallest absolute Gasteiger partial charge is 0.340 e. The predicted molar refractivity (Wildman–Crippen MR) is 551 cm³/mol. The molecule has 22 rings (SSSR count). The summed E-state index contributed by atoms with van der Waals surface area (Å²) in [5.41, 5.74) is 29.2. The van der Waals surface area contributed by atoms with Crippen molar-refractivity contribution < 1.29 is 60.6 Å². The summed E-state index contributed by atoms with van der Waals surface area (Å²) in [5.74, 6) is -2.18. The van der Waals surface area contributed by atoms with Crippen molar-refractivity contribution in [2.24, 2.45) is 0 Å². The summed E-state index contributed by atoms with van der Waals surface area (Å²) >= 11 is 0. The Hall–Kier alpha value is -14.5. The summed E-state index contributed by atoms with van der Waals surface area (Å²) in [4.78, 5) is 127. The Bertz CT molecular complexity index is 6930. The molecule has 6 saturated heterocycles. The fourth-order valence-corrected chi connectivity index (χ4v) is 18.9. The van der Waals surface area contributed by atoms with Gasteiger partial charge in [-0.15, -0.1) is 0 Å². The SMILES string of the molecule is C1CCOC1.C=[N+](C)C.COC(=O)c1cc2[nH]ccc2cc1N1CCCC1.Cc1cc(=O)[nH]c2ccc(N)cc12.Cc1cc(=O)[nH]c2ccc(NC(=O)c3cc4c(cc3N3CCCC3)C(CN(C)C)=CC4)cc12.Cc1cc(=O)[nH]c2ccc(NC(=O)c3cc4c(cc3N3CCCC3)C=CC4)cc12.O=C(O)c1cc2[nH]ccc2cc1N1CCCC1.O=C(O)c1cc2[nH]ccc2cc1N1CCCC1.[Cl-]. The molecule has 12 N–H and O–H groups in total. The van der Waals surface area contributed by atoms with E-state index < -0.39 is 11.9 Å². The zero-order valence-corrected chi connectivity index (χ0v) is 80.0. The minimum absolute atomic E-state index is 0. The molecule has 8 aromatic carbocycles. The number of benzene rings is 8. The number of pyridine rings is 3. The number of aromatic carboxylic acids is 2. The van der Waals surface area contributed by atoms with Crippen LogP contribution in [0.4, 0.5) is 45.5 Å². The van der Waals surface area contributed by atoms with Crippen molar-refractivity contribution in [3.8, 4) is 0 Å². The lowest BCUT2D eigenvalue weighted by molar-refractivity contribution is -0.454. The highest BCUT2D eigenvalue weighted by molar-refractivity contribution is 6.11. The number of nitrogens with one attached hydrogen (secondary N) is 8. The van der Waals surface area contributed by atoms with E-state index in [4.69, 9.17) is 15.2 Å². The summed E-state index contributed by atoms with van der Waals surface area (Å²) in [5, 5.41) is 30.9. The van der Waals surface area contributed by atoms with Gasteiger partial charge in [-0.1, -0.05) is 18.2 Å². The van der Waals surface area contributed by atoms with Gasteiger partial charge in [-0.2, -0.15) is 0 Å². The average Bonchev–Trinajstić information content (AvgIpc) is 1.67. The first-order valence-corrected chi connectivity index (χ1v) is 47.0. The van der Waals surface area contributed by atoms with Gasteiger partial charge in [-0.05, 0) is 303 Å². The van der Waals surface area contributed by atoms with Gasteiger partial charge in [0.15, 0.2) is 0 Å². The van der Waals surface area contributed by atoms with E-state index in [-0.39, 0.29) is 46.9 Å². The number of hydrogen-bond acceptors (Lipinski definition) is 17. The zero-order chi connectivity index (χ0) is 95.8. The maximum absolute atomic E-state index is 13.5. The third-order valence-electron chi connectivity index (χ3n) is 25.6. The molecule has 6 fully saturated rings. The third-order valence-corrected chi connectivity index (χ3v) is 25.6. The highest BCUT2D eigenvalue weighted by Crippen LogP contribution is 2.40. The van der Waals surface area contributed by atoms with E-state index in [1.54, 1.807) is 41.0 Å². The predicted octanol–water partition coefficient (Wildman–Crippen LogP) is 15.1. The van der Waals surface area contributed by atoms with Crippen molar-refractivity contribution in [1.82, 2.24) is 34.8 Å². The lowest BCUT2D eigenvalue weighted by Crippen LogP contribution is -3.00. The van der Waals surface area contributed by atoms with Crippen molar-refractivity contribution in [3.05, 3.63) is 280 Å². The van der Waals surface area contributed by atoms with E-state index in [0.29, 0.717) is 22.4 Å². The van der Waals surface area contributed by atoms with Crippen LogP contribution in [-0.2, 0) is 22.3 Å². The number of halogens is 1. The molecule has 29 heteroatoms. The Labute approximate surface area is 802 Å². The zero-order valence-electron chi connectivity index (χ0n) is 79.3. The molecule has 28 nitrogen and oxygen atoms in total. The molecule has 2 aliphatic carbocycles. The molecule has 14 aromatic rings. The van der Waals surface area contributed by atoms with Crippen LogP contribution in [0.1, 0.15) is 168 Å². The number of allylic oxidation sites excluding steroid dienone is 2. The molecule has 0 unspecified atom stereocenters. The fraction of sp³-hybridized carbons (Fsp3) is 0.324. The van der Waals surface area contributed by atoms with Gasteiger partial charge in [0.2, 0.25) is 16.7 Å². The van der Waals surface area contributed by atoms with Crippen molar-refractivity contribution in [2.45, 2.75) is 111 Å². The van der Waals surface area contributed by atoms with Crippen LogP contribution in [0.25, 0.3) is 77.1 Å². The quantitative estimate of drug-likeness (QED) is 0.0208. The number of ether oxygens (including phenoxy) is 2. The Morgan fingerprint density at radius 1 is 0.453 bits per heavy atom. The number of H-pyrrole nitrogens is 6. The van der Waals surface area contributed by atoms with E-state index in [1.807, 2.05) is 144 Å². The molecule has 0 radical (unpaired) electrons. The van der Waals surface area contributed by atoms with Gasteiger partial charge in [0.05, 0.1) is 63.4 Å². The highest BCUT2D eigenvalue weighted by atomic mass is 35.5. The Balaban J connectivity index is 0.000000132. The summed E-state index contributed by atoms with van der Waals surface area (Å²) in [6.07, 6.45) is 28.0. The molecule has 0 atom stereocenters. The number of carboxylic acid groups (broad SMARTS) is 2. The lowest BCUT2D eigenvalue weighted by atomic mass is 9.99. The van der Waals surface area contributed by atoms with Crippen LogP contribution >= 0.6 is 0 Å². The van der Waals surface area contributed by atoms with Crippen LogP contribution in [0, 0.1) is 20.8 Å². The molecular formula is C108H123ClN16O12. The van der Waals surface area contributed by atoms with E-state index in [2.05, 4.69) is 133 Å².